The van der Waals surface area contributed by atoms with Gasteiger partial charge in [0.15, 0.2) is 0 Å². The first-order valence-corrected chi connectivity index (χ1v) is 7.21. The van der Waals surface area contributed by atoms with Crippen LogP contribution in [0.25, 0.3) is 0 Å². The number of hydrazine groups is 1. The molecule has 1 heterocycles. The Morgan fingerprint density at radius 1 is 1.56 bits per heavy atom. The molecule has 1 aliphatic heterocycles. The third kappa shape index (κ3) is 2.98. The molecule has 2 unspecified atom stereocenters. The molecule has 2 rings (SSSR count). The summed E-state index contributed by atoms with van der Waals surface area (Å²) >= 11 is 1.90. The van der Waals surface area contributed by atoms with Crippen LogP contribution in [0.4, 0.5) is 0 Å². The number of nitrogens with one attached hydrogen (secondary N) is 1. The molecule has 0 bridgehead atoms. The van der Waals surface area contributed by atoms with Crippen LogP contribution in [0.15, 0.2) is 18.2 Å². The third-order valence-electron chi connectivity index (χ3n) is 3.11. The average molecular weight is 268 g/mol. The van der Waals surface area contributed by atoms with Crippen molar-refractivity contribution < 1.29 is 9.47 Å². The maximum atomic E-state index is 5.81. The van der Waals surface area contributed by atoms with Crippen LogP contribution >= 0.6 is 11.8 Å². The van der Waals surface area contributed by atoms with E-state index in [-0.39, 0.29) is 12.1 Å². The second-order valence-electron chi connectivity index (χ2n) is 4.37. The van der Waals surface area contributed by atoms with E-state index >= 15 is 0 Å². The predicted molar refractivity (Wildman–Crippen MR) is 74.9 cm³/mol. The van der Waals surface area contributed by atoms with Gasteiger partial charge < -0.3 is 9.47 Å². The van der Waals surface area contributed by atoms with E-state index in [1.165, 1.54) is 5.56 Å². The van der Waals surface area contributed by atoms with Crippen LogP contribution in [0, 0.1) is 6.92 Å². The second-order valence-corrected chi connectivity index (χ2v) is 5.52. The van der Waals surface area contributed by atoms with Gasteiger partial charge in [-0.2, -0.15) is 11.8 Å². The first-order valence-electron chi connectivity index (χ1n) is 6.06. The molecule has 0 aromatic heterocycles. The van der Waals surface area contributed by atoms with Gasteiger partial charge in [0.2, 0.25) is 0 Å². The number of rotatable bonds is 4. The Morgan fingerprint density at radius 3 is 3.00 bits per heavy atom. The van der Waals surface area contributed by atoms with E-state index in [0.29, 0.717) is 0 Å². The molecule has 0 saturated carbocycles. The van der Waals surface area contributed by atoms with Gasteiger partial charge in [-0.25, -0.2) is 0 Å². The monoisotopic (exact) mass is 268 g/mol. The lowest BCUT2D eigenvalue weighted by atomic mass is 9.99. The first kappa shape index (κ1) is 13.7. The highest BCUT2D eigenvalue weighted by atomic mass is 32.2. The van der Waals surface area contributed by atoms with Crippen molar-refractivity contribution in [3.63, 3.8) is 0 Å². The predicted octanol–water partition coefficient (Wildman–Crippen LogP) is 1.64. The molecule has 1 aromatic rings. The lowest BCUT2D eigenvalue weighted by Gasteiger charge is -2.30. The number of nitrogens with two attached hydrogens (primary N) is 1. The van der Waals surface area contributed by atoms with Gasteiger partial charge in [-0.15, -0.1) is 0 Å². The molecular formula is C13H20N2O2S. The van der Waals surface area contributed by atoms with Gasteiger partial charge in [0.1, 0.15) is 5.75 Å². The van der Waals surface area contributed by atoms with Crippen LogP contribution in [0.5, 0.6) is 5.75 Å². The number of ether oxygens (including phenoxy) is 2. The summed E-state index contributed by atoms with van der Waals surface area (Å²) in [6, 6.07) is 6.08. The molecule has 100 valence electrons. The maximum absolute atomic E-state index is 5.81. The standard InChI is InChI=1S/C13H20N2O2S/c1-9-3-4-11(16-2)10(7-9)13(15-14)12-8-18-6-5-17-12/h3-4,7,12-13,15H,5-6,8,14H2,1-2H3. The molecule has 18 heavy (non-hydrogen) atoms. The average Bonchev–Trinajstić information content (AvgIpc) is 2.41. The molecule has 1 saturated heterocycles. The lowest BCUT2D eigenvalue weighted by Crippen LogP contribution is -2.41. The van der Waals surface area contributed by atoms with Crippen molar-refractivity contribution in [2.75, 3.05) is 25.2 Å². The van der Waals surface area contributed by atoms with E-state index in [2.05, 4.69) is 18.4 Å². The molecule has 4 nitrogen and oxygen atoms in total. The molecule has 0 amide bonds. The van der Waals surface area contributed by atoms with Crippen LogP contribution < -0.4 is 16.0 Å². The number of methoxy groups -OCH3 is 1. The Balaban J connectivity index is 2.27. The van der Waals surface area contributed by atoms with Crippen LogP contribution in [0.2, 0.25) is 0 Å². The summed E-state index contributed by atoms with van der Waals surface area (Å²) in [7, 11) is 1.68. The normalized spacial score (nSPS) is 21.6. The summed E-state index contributed by atoms with van der Waals surface area (Å²) in [4.78, 5) is 0. The van der Waals surface area contributed by atoms with Crippen molar-refractivity contribution in [3.05, 3.63) is 29.3 Å². The third-order valence-corrected chi connectivity index (χ3v) is 4.13. The van der Waals surface area contributed by atoms with Crippen molar-refractivity contribution in [1.29, 1.82) is 0 Å². The molecule has 1 aliphatic rings. The van der Waals surface area contributed by atoms with E-state index in [4.69, 9.17) is 15.3 Å². The number of hydrogen-bond donors (Lipinski definition) is 2. The molecule has 3 N–H and O–H groups in total. The summed E-state index contributed by atoms with van der Waals surface area (Å²) in [5.74, 6) is 8.57. The maximum Gasteiger partial charge on any atom is 0.123 e. The SMILES string of the molecule is COc1ccc(C)cc1C(NN)C1CSCCO1. The van der Waals surface area contributed by atoms with Crippen molar-refractivity contribution in [1.82, 2.24) is 5.43 Å². The van der Waals surface area contributed by atoms with E-state index in [1.54, 1.807) is 7.11 Å². The summed E-state index contributed by atoms with van der Waals surface area (Å²) in [6.45, 7) is 2.84. The fourth-order valence-electron chi connectivity index (χ4n) is 2.19. The van der Waals surface area contributed by atoms with Crippen molar-refractivity contribution in [2.24, 2.45) is 5.84 Å². The van der Waals surface area contributed by atoms with Gasteiger partial charge in [-0.1, -0.05) is 17.7 Å². The lowest BCUT2D eigenvalue weighted by molar-refractivity contribution is 0.0461. The highest BCUT2D eigenvalue weighted by Gasteiger charge is 2.27. The van der Waals surface area contributed by atoms with Gasteiger partial charge in [0, 0.05) is 17.1 Å². The Morgan fingerprint density at radius 2 is 2.39 bits per heavy atom. The zero-order valence-corrected chi connectivity index (χ0v) is 11.6. The van der Waals surface area contributed by atoms with Gasteiger partial charge in [-0.05, 0) is 13.0 Å². The summed E-state index contributed by atoms with van der Waals surface area (Å²) in [5, 5.41) is 0. The number of aryl methyl sites for hydroxylation is 1. The fraction of sp³-hybridized carbons (Fsp3) is 0.538. The van der Waals surface area contributed by atoms with E-state index < -0.39 is 0 Å². The number of thioether (sulfide) groups is 1. The molecular weight excluding hydrogens is 248 g/mol. The largest absolute Gasteiger partial charge is 0.496 e. The Bertz CT molecular complexity index is 395. The zero-order chi connectivity index (χ0) is 13.0. The Hall–Kier alpha value is -0.750. The molecule has 0 radical (unpaired) electrons. The van der Waals surface area contributed by atoms with Gasteiger partial charge in [-0.3, -0.25) is 11.3 Å². The Kier molecular flexibility index (Phi) is 4.88. The van der Waals surface area contributed by atoms with Crippen LogP contribution in [0.3, 0.4) is 0 Å². The van der Waals surface area contributed by atoms with Gasteiger partial charge >= 0.3 is 0 Å². The first-order chi connectivity index (χ1) is 8.76. The van der Waals surface area contributed by atoms with Crippen molar-refractivity contribution in [2.45, 2.75) is 19.1 Å². The minimum absolute atomic E-state index is 0.0346. The molecule has 1 aromatic carbocycles. The highest BCUT2D eigenvalue weighted by molar-refractivity contribution is 7.99. The van der Waals surface area contributed by atoms with Gasteiger partial charge in [0.25, 0.3) is 0 Å². The minimum Gasteiger partial charge on any atom is -0.496 e. The molecule has 0 aliphatic carbocycles. The fourth-order valence-corrected chi connectivity index (χ4v) is 3.09. The van der Waals surface area contributed by atoms with Gasteiger partial charge in [0.05, 0.1) is 25.9 Å². The molecule has 5 heteroatoms. The minimum atomic E-state index is -0.0346. The molecule has 2 atom stereocenters. The van der Waals surface area contributed by atoms with E-state index in [0.717, 1.165) is 29.4 Å². The number of hydrogen-bond acceptors (Lipinski definition) is 5. The van der Waals surface area contributed by atoms with Crippen molar-refractivity contribution in [3.8, 4) is 5.75 Å². The zero-order valence-electron chi connectivity index (χ0n) is 10.8. The van der Waals surface area contributed by atoms with Crippen LogP contribution in [0.1, 0.15) is 17.2 Å². The highest BCUT2D eigenvalue weighted by Crippen LogP contribution is 2.31. The quantitative estimate of drug-likeness (QED) is 0.642. The summed E-state index contributed by atoms with van der Waals surface area (Å²) in [5.41, 5.74) is 5.12. The summed E-state index contributed by atoms with van der Waals surface area (Å²) in [6.07, 6.45) is 0.0875. The number of benzene rings is 1. The van der Waals surface area contributed by atoms with Crippen LogP contribution in [-0.2, 0) is 4.74 Å². The van der Waals surface area contributed by atoms with E-state index in [1.807, 2.05) is 23.9 Å². The topological polar surface area (TPSA) is 56.5 Å². The molecule has 1 fully saturated rings. The van der Waals surface area contributed by atoms with E-state index in [9.17, 15) is 0 Å². The second kappa shape index (κ2) is 6.43. The smallest absolute Gasteiger partial charge is 0.123 e. The Labute approximate surface area is 112 Å². The summed E-state index contributed by atoms with van der Waals surface area (Å²) < 4.78 is 11.2. The molecule has 0 spiro atoms. The van der Waals surface area contributed by atoms with Crippen LogP contribution in [-0.4, -0.2) is 31.3 Å². The van der Waals surface area contributed by atoms with Crippen molar-refractivity contribution >= 4 is 11.8 Å².